The number of nitrogens with two attached hydrogens (primary N) is 2. The summed E-state index contributed by atoms with van der Waals surface area (Å²) < 4.78 is 10.6. The van der Waals surface area contributed by atoms with Gasteiger partial charge in [0.25, 0.3) is 0 Å². The Labute approximate surface area is 163 Å². The van der Waals surface area contributed by atoms with Crippen molar-refractivity contribution in [3.63, 3.8) is 0 Å². The summed E-state index contributed by atoms with van der Waals surface area (Å²) in [5.41, 5.74) is 13.6. The predicted octanol–water partition coefficient (Wildman–Crippen LogP) is 2.20. The lowest BCUT2D eigenvalue weighted by Crippen LogP contribution is -2.44. The molecule has 9 heteroatoms. The highest BCUT2D eigenvalue weighted by molar-refractivity contribution is 5.94. The maximum absolute atomic E-state index is 6.02. The fourth-order valence-corrected chi connectivity index (χ4v) is 2.58. The van der Waals surface area contributed by atoms with Gasteiger partial charge in [-0.05, 0) is 17.7 Å². The smallest absolute Gasteiger partial charge is 0.226 e. The molecule has 0 radical (unpaired) electrons. The summed E-state index contributed by atoms with van der Waals surface area (Å²) in [4.78, 5) is 14.2. The highest BCUT2D eigenvalue weighted by Crippen LogP contribution is 2.33. The largest absolute Gasteiger partial charge is 0.493 e. The number of rotatable bonds is 6. The molecule has 0 bridgehead atoms. The van der Waals surface area contributed by atoms with Gasteiger partial charge in [-0.25, -0.2) is 4.99 Å². The minimum atomic E-state index is -0.587. The SMILES string of the molecule is COc1ccc(C2N=C(N)N=C(N)N2OCc2ccccc2)cc1OC.Cl. The summed E-state index contributed by atoms with van der Waals surface area (Å²) in [5, 5.41) is 1.44. The molecule has 0 aromatic heterocycles. The van der Waals surface area contributed by atoms with Crippen LogP contribution in [0.25, 0.3) is 0 Å². The molecular formula is C18H22ClN5O3. The molecule has 1 atom stereocenters. The van der Waals surface area contributed by atoms with Crippen molar-refractivity contribution < 1.29 is 14.3 Å². The lowest BCUT2D eigenvalue weighted by molar-refractivity contribution is -0.141. The number of halogens is 1. The normalized spacial score (nSPS) is 16.1. The average molecular weight is 392 g/mol. The molecule has 2 aromatic rings. The summed E-state index contributed by atoms with van der Waals surface area (Å²) in [6.45, 7) is 0.316. The monoisotopic (exact) mass is 391 g/mol. The maximum atomic E-state index is 6.02. The molecule has 0 saturated heterocycles. The van der Waals surface area contributed by atoms with Crippen LogP contribution >= 0.6 is 12.4 Å². The number of benzene rings is 2. The molecular weight excluding hydrogens is 370 g/mol. The minimum Gasteiger partial charge on any atom is -0.493 e. The molecule has 0 saturated carbocycles. The highest BCUT2D eigenvalue weighted by atomic mass is 35.5. The molecule has 2 aromatic carbocycles. The van der Waals surface area contributed by atoms with Crippen LogP contribution in [0.2, 0.25) is 0 Å². The van der Waals surface area contributed by atoms with E-state index in [1.807, 2.05) is 36.4 Å². The van der Waals surface area contributed by atoms with Crippen LogP contribution in [0.4, 0.5) is 0 Å². The lowest BCUT2D eigenvalue weighted by Gasteiger charge is -2.31. The quantitative estimate of drug-likeness (QED) is 0.781. The van der Waals surface area contributed by atoms with Crippen molar-refractivity contribution in [2.75, 3.05) is 14.2 Å². The van der Waals surface area contributed by atoms with Gasteiger partial charge in [0.2, 0.25) is 11.9 Å². The number of guanidine groups is 2. The van der Waals surface area contributed by atoms with E-state index in [0.29, 0.717) is 18.1 Å². The third-order valence-electron chi connectivity index (χ3n) is 3.85. The number of hydroxylamine groups is 2. The predicted molar refractivity (Wildman–Crippen MR) is 106 cm³/mol. The van der Waals surface area contributed by atoms with Gasteiger partial charge < -0.3 is 20.9 Å². The van der Waals surface area contributed by atoms with E-state index in [1.165, 1.54) is 5.06 Å². The molecule has 1 unspecified atom stereocenters. The third-order valence-corrected chi connectivity index (χ3v) is 3.85. The second-order valence-electron chi connectivity index (χ2n) is 5.53. The van der Waals surface area contributed by atoms with E-state index in [1.54, 1.807) is 26.4 Å². The summed E-state index contributed by atoms with van der Waals surface area (Å²) in [6.07, 6.45) is -0.587. The fraction of sp³-hybridized carbons (Fsp3) is 0.222. The Morgan fingerprint density at radius 1 is 1.00 bits per heavy atom. The van der Waals surface area contributed by atoms with Gasteiger partial charge in [-0.3, -0.25) is 4.84 Å². The van der Waals surface area contributed by atoms with Gasteiger partial charge in [0, 0.05) is 5.56 Å². The topological polar surface area (TPSA) is 108 Å². The van der Waals surface area contributed by atoms with Gasteiger partial charge in [0.05, 0.1) is 14.2 Å². The molecule has 0 fully saturated rings. The lowest BCUT2D eigenvalue weighted by atomic mass is 10.1. The number of aliphatic imine (C=N–C) groups is 2. The van der Waals surface area contributed by atoms with Gasteiger partial charge in [0.1, 0.15) is 6.61 Å². The first-order valence-electron chi connectivity index (χ1n) is 7.98. The number of hydrogen-bond donors (Lipinski definition) is 2. The molecule has 8 nitrogen and oxygen atoms in total. The average Bonchev–Trinajstić information content (AvgIpc) is 2.67. The van der Waals surface area contributed by atoms with E-state index in [-0.39, 0.29) is 24.3 Å². The molecule has 0 amide bonds. The second kappa shape index (κ2) is 9.11. The van der Waals surface area contributed by atoms with Crippen LogP contribution in [-0.2, 0) is 11.4 Å². The van der Waals surface area contributed by atoms with Crippen LogP contribution in [0.5, 0.6) is 11.5 Å². The summed E-state index contributed by atoms with van der Waals surface area (Å²) >= 11 is 0. The van der Waals surface area contributed by atoms with Crippen molar-refractivity contribution in [1.29, 1.82) is 0 Å². The van der Waals surface area contributed by atoms with Crippen LogP contribution in [-0.4, -0.2) is 31.2 Å². The Morgan fingerprint density at radius 3 is 2.37 bits per heavy atom. The van der Waals surface area contributed by atoms with Crippen LogP contribution in [0, 0.1) is 0 Å². The highest BCUT2D eigenvalue weighted by Gasteiger charge is 2.28. The Bertz CT molecular complexity index is 829. The Hall–Kier alpha value is -2.97. The van der Waals surface area contributed by atoms with Crippen molar-refractivity contribution >= 4 is 24.3 Å². The summed E-state index contributed by atoms with van der Waals surface area (Å²) in [7, 11) is 3.15. The standard InChI is InChI=1S/C18H21N5O3.ClH/c1-24-14-9-8-13(10-15(14)25-2)16-21-17(19)22-18(20)23(16)26-11-12-6-4-3-5-7-12;/h3-10,16H,11H2,1-2H3,(H4,19,20,21,22);1H. The van der Waals surface area contributed by atoms with E-state index >= 15 is 0 Å². The number of hydrogen-bond acceptors (Lipinski definition) is 8. The molecule has 1 aliphatic heterocycles. The first-order chi connectivity index (χ1) is 12.6. The molecule has 27 heavy (non-hydrogen) atoms. The van der Waals surface area contributed by atoms with Crippen LogP contribution in [0.1, 0.15) is 17.3 Å². The van der Waals surface area contributed by atoms with E-state index in [4.69, 9.17) is 25.8 Å². The Balaban J connectivity index is 0.00000261. The van der Waals surface area contributed by atoms with Crippen LogP contribution in [0.15, 0.2) is 58.5 Å². The van der Waals surface area contributed by atoms with Gasteiger partial charge in [-0.15, -0.1) is 12.4 Å². The van der Waals surface area contributed by atoms with E-state index in [9.17, 15) is 0 Å². The van der Waals surface area contributed by atoms with E-state index < -0.39 is 6.17 Å². The van der Waals surface area contributed by atoms with E-state index in [0.717, 1.165) is 11.1 Å². The Morgan fingerprint density at radius 2 is 1.70 bits per heavy atom. The van der Waals surface area contributed by atoms with Crippen LogP contribution in [0.3, 0.4) is 0 Å². The fourth-order valence-electron chi connectivity index (χ4n) is 2.58. The van der Waals surface area contributed by atoms with Crippen molar-refractivity contribution in [3.8, 4) is 11.5 Å². The van der Waals surface area contributed by atoms with Crippen LogP contribution < -0.4 is 20.9 Å². The van der Waals surface area contributed by atoms with Gasteiger partial charge in [0.15, 0.2) is 17.7 Å². The first-order valence-corrected chi connectivity index (χ1v) is 7.98. The van der Waals surface area contributed by atoms with Crippen molar-refractivity contribution in [3.05, 3.63) is 59.7 Å². The minimum absolute atomic E-state index is 0. The number of methoxy groups -OCH3 is 2. The summed E-state index contributed by atoms with van der Waals surface area (Å²) in [6, 6.07) is 15.2. The first kappa shape index (κ1) is 20.3. The van der Waals surface area contributed by atoms with Crippen molar-refractivity contribution in [2.24, 2.45) is 21.5 Å². The molecule has 1 heterocycles. The zero-order chi connectivity index (χ0) is 18.5. The molecule has 3 rings (SSSR count). The molecule has 144 valence electrons. The van der Waals surface area contributed by atoms with E-state index in [2.05, 4.69) is 9.98 Å². The number of nitrogens with zero attached hydrogens (tertiary/aromatic N) is 3. The molecule has 4 N–H and O–H groups in total. The van der Waals surface area contributed by atoms with Crippen molar-refractivity contribution in [1.82, 2.24) is 5.06 Å². The second-order valence-corrected chi connectivity index (χ2v) is 5.53. The van der Waals surface area contributed by atoms with Gasteiger partial charge >= 0.3 is 0 Å². The molecule has 0 aliphatic carbocycles. The molecule has 0 spiro atoms. The zero-order valence-electron chi connectivity index (χ0n) is 15.0. The Kier molecular flexibility index (Phi) is 6.86. The summed E-state index contributed by atoms with van der Waals surface area (Å²) in [5.74, 6) is 1.40. The van der Waals surface area contributed by atoms with Gasteiger partial charge in [-0.1, -0.05) is 36.4 Å². The third kappa shape index (κ3) is 4.60. The maximum Gasteiger partial charge on any atom is 0.226 e. The number of ether oxygens (including phenoxy) is 2. The molecule has 1 aliphatic rings. The van der Waals surface area contributed by atoms with Gasteiger partial charge in [-0.2, -0.15) is 10.1 Å². The van der Waals surface area contributed by atoms with Crippen molar-refractivity contribution in [2.45, 2.75) is 12.8 Å². The zero-order valence-corrected chi connectivity index (χ0v) is 15.8.